The van der Waals surface area contributed by atoms with E-state index < -0.39 is 0 Å². The summed E-state index contributed by atoms with van der Waals surface area (Å²) in [6.45, 7) is 0.909. The van der Waals surface area contributed by atoms with Crippen LogP contribution in [0.2, 0.25) is 0 Å². The summed E-state index contributed by atoms with van der Waals surface area (Å²) < 4.78 is 7.76. The molecule has 1 fully saturated rings. The normalized spacial score (nSPS) is 23.8. The molecule has 2 nitrogen and oxygen atoms in total. The van der Waals surface area contributed by atoms with Crippen LogP contribution >= 0.6 is 0 Å². The van der Waals surface area contributed by atoms with Crippen LogP contribution in [0.5, 0.6) is 0 Å². The molecule has 2 heteroatoms. The van der Waals surface area contributed by atoms with Crippen molar-refractivity contribution in [1.82, 2.24) is 0 Å². The second-order valence-electron chi connectivity index (χ2n) is 3.14. The molecule has 1 atom stereocenters. The van der Waals surface area contributed by atoms with Gasteiger partial charge in [-0.1, -0.05) is 6.07 Å². The van der Waals surface area contributed by atoms with Gasteiger partial charge in [-0.15, -0.1) is 0 Å². The molecular weight excluding hydrogens is 150 g/mol. The Labute approximate surface area is 72.8 Å². The minimum atomic E-state index is 0.278. The third-order valence-corrected chi connectivity index (χ3v) is 2.23. The van der Waals surface area contributed by atoms with Gasteiger partial charge in [0.2, 0.25) is 0 Å². The van der Waals surface area contributed by atoms with Crippen molar-refractivity contribution in [2.75, 3.05) is 6.61 Å². The second-order valence-corrected chi connectivity index (χ2v) is 3.14. The third-order valence-electron chi connectivity index (χ3n) is 2.23. The van der Waals surface area contributed by atoms with Gasteiger partial charge >= 0.3 is 0 Å². The molecule has 1 aromatic heterocycles. The van der Waals surface area contributed by atoms with Crippen LogP contribution < -0.4 is 4.57 Å². The highest BCUT2D eigenvalue weighted by atomic mass is 16.5. The monoisotopic (exact) mass is 164 g/mol. The summed E-state index contributed by atoms with van der Waals surface area (Å²) in [6, 6.07) is 6.11. The lowest BCUT2D eigenvalue weighted by Gasteiger charge is -2.17. The summed E-state index contributed by atoms with van der Waals surface area (Å²) in [5, 5.41) is 0. The minimum Gasteiger partial charge on any atom is -0.321 e. The van der Waals surface area contributed by atoms with Gasteiger partial charge in [0.15, 0.2) is 12.4 Å². The first-order chi connectivity index (χ1) is 5.97. The number of hydrogen-bond acceptors (Lipinski definition) is 1. The molecule has 1 aliphatic rings. The molecule has 0 saturated carbocycles. The summed E-state index contributed by atoms with van der Waals surface area (Å²) in [4.78, 5) is 0. The van der Waals surface area contributed by atoms with Gasteiger partial charge in [0.05, 0.1) is 6.61 Å². The van der Waals surface area contributed by atoms with Crippen molar-refractivity contribution < 1.29 is 9.30 Å². The van der Waals surface area contributed by atoms with E-state index in [4.69, 9.17) is 4.74 Å². The topological polar surface area (TPSA) is 13.1 Å². The highest BCUT2D eigenvalue weighted by Crippen LogP contribution is 2.16. The van der Waals surface area contributed by atoms with Crippen molar-refractivity contribution in [3.05, 3.63) is 30.6 Å². The van der Waals surface area contributed by atoms with Crippen molar-refractivity contribution >= 4 is 0 Å². The van der Waals surface area contributed by atoms with Crippen LogP contribution in [0.15, 0.2) is 30.6 Å². The van der Waals surface area contributed by atoms with Gasteiger partial charge in [-0.2, -0.15) is 4.57 Å². The molecule has 2 rings (SSSR count). The van der Waals surface area contributed by atoms with Crippen molar-refractivity contribution in [1.29, 1.82) is 0 Å². The van der Waals surface area contributed by atoms with E-state index in [1.54, 1.807) is 0 Å². The highest BCUT2D eigenvalue weighted by molar-refractivity contribution is 4.83. The Bertz CT molecular complexity index is 229. The van der Waals surface area contributed by atoms with Crippen LogP contribution in [-0.2, 0) is 4.74 Å². The van der Waals surface area contributed by atoms with Crippen molar-refractivity contribution in [3.8, 4) is 0 Å². The van der Waals surface area contributed by atoms with Crippen molar-refractivity contribution in [2.45, 2.75) is 25.5 Å². The van der Waals surface area contributed by atoms with Gasteiger partial charge in [-0.3, -0.25) is 0 Å². The first-order valence-corrected chi connectivity index (χ1v) is 4.54. The largest absolute Gasteiger partial charge is 0.321 e. The van der Waals surface area contributed by atoms with Crippen molar-refractivity contribution in [3.63, 3.8) is 0 Å². The number of pyridine rings is 1. The fourth-order valence-electron chi connectivity index (χ4n) is 1.56. The molecule has 0 aliphatic carbocycles. The summed E-state index contributed by atoms with van der Waals surface area (Å²) in [5.41, 5.74) is 0. The first-order valence-electron chi connectivity index (χ1n) is 4.54. The maximum Gasteiger partial charge on any atom is 0.262 e. The average molecular weight is 164 g/mol. The Morgan fingerprint density at radius 3 is 2.58 bits per heavy atom. The lowest BCUT2D eigenvalue weighted by atomic mass is 10.2. The summed E-state index contributed by atoms with van der Waals surface area (Å²) in [6.07, 6.45) is 8.05. The molecule has 0 spiro atoms. The van der Waals surface area contributed by atoms with Crippen molar-refractivity contribution in [2.24, 2.45) is 0 Å². The van der Waals surface area contributed by atoms with E-state index in [2.05, 4.69) is 17.0 Å². The molecule has 0 radical (unpaired) electrons. The average Bonchev–Trinajstić information content (AvgIpc) is 2.21. The maximum absolute atomic E-state index is 5.63. The van der Waals surface area contributed by atoms with Crippen LogP contribution in [0.4, 0.5) is 0 Å². The predicted molar refractivity (Wildman–Crippen MR) is 45.5 cm³/mol. The van der Waals surface area contributed by atoms with E-state index in [1.165, 1.54) is 12.8 Å². The lowest BCUT2D eigenvalue weighted by Crippen LogP contribution is -2.41. The molecule has 1 aliphatic heterocycles. The van der Waals surface area contributed by atoms with Crippen LogP contribution in [0, 0.1) is 0 Å². The summed E-state index contributed by atoms with van der Waals surface area (Å²) in [5.74, 6) is 0. The second kappa shape index (κ2) is 3.68. The zero-order chi connectivity index (χ0) is 8.23. The van der Waals surface area contributed by atoms with Gasteiger partial charge < -0.3 is 4.74 Å². The molecule has 0 amide bonds. The predicted octanol–water partition coefficient (Wildman–Crippen LogP) is 1.67. The molecule has 0 N–H and O–H groups in total. The molecule has 64 valence electrons. The Hall–Kier alpha value is -0.890. The Balaban J connectivity index is 2.08. The van der Waals surface area contributed by atoms with E-state index in [1.807, 2.05) is 18.2 Å². The summed E-state index contributed by atoms with van der Waals surface area (Å²) in [7, 11) is 0. The standard InChI is InChI=1S/C10H14NO/c1-3-7-11(8-4-1)10-6-2-5-9-12-10/h1,3-4,7-8,10H,2,5-6,9H2/q+1/t10-/m0/s1. The molecule has 2 heterocycles. The van der Waals surface area contributed by atoms with Gasteiger partial charge in [-0.25, -0.2) is 0 Å². The number of ether oxygens (including phenoxy) is 1. The zero-order valence-electron chi connectivity index (χ0n) is 7.15. The number of aromatic nitrogens is 1. The fraction of sp³-hybridized carbons (Fsp3) is 0.500. The van der Waals surface area contributed by atoms with E-state index in [9.17, 15) is 0 Å². The number of rotatable bonds is 1. The molecule has 0 aromatic carbocycles. The molecule has 12 heavy (non-hydrogen) atoms. The third kappa shape index (κ3) is 1.64. The Morgan fingerprint density at radius 1 is 1.08 bits per heavy atom. The lowest BCUT2D eigenvalue weighted by molar-refractivity contribution is -0.765. The first kappa shape index (κ1) is 7.74. The van der Waals surface area contributed by atoms with Crippen LogP contribution in [-0.4, -0.2) is 6.61 Å². The van der Waals surface area contributed by atoms with E-state index in [-0.39, 0.29) is 6.23 Å². The molecule has 0 bridgehead atoms. The minimum absolute atomic E-state index is 0.278. The molecule has 1 aromatic rings. The summed E-state index contributed by atoms with van der Waals surface area (Å²) >= 11 is 0. The van der Waals surface area contributed by atoms with Gasteiger partial charge in [0.1, 0.15) is 0 Å². The van der Waals surface area contributed by atoms with E-state index >= 15 is 0 Å². The van der Waals surface area contributed by atoms with Crippen LogP contribution in [0.25, 0.3) is 0 Å². The number of hydrogen-bond donors (Lipinski definition) is 0. The number of nitrogens with zero attached hydrogens (tertiary/aromatic N) is 1. The molecular formula is C10H14NO+. The fourth-order valence-corrected chi connectivity index (χ4v) is 1.56. The van der Waals surface area contributed by atoms with Gasteiger partial charge in [0.25, 0.3) is 6.23 Å². The molecule has 1 saturated heterocycles. The molecule has 0 unspecified atom stereocenters. The SMILES string of the molecule is c1cc[n+]([C@@H]2CCCCO2)cc1. The van der Waals surface area contributed by atoms with Gasteiger partial charge in [-0.05, 0) is 12.8 Å². The zero-order valence-corrected chi connectivity index (χ0v) is 7.15. The Morgan fingerprint density at radius 2 is 1.92 bits per heavy atom. The smallest absolute Gasteiger partial charge is 0.262 e. The maximum atomic E-state index is 5.63. The van der Waals surface area contributed by atoms with Crippen LogP contribution in [0.3, 0.4) is 0 Å². The quantitative estimate of drug-likeness (QED) is 0.575. The highest BCUT2D eigenvalue weighted by Gasteiger charge is 2.20. The van der Waals surface area contributed by atoms with Gasteiger partial charge in [0, 0.05) is 18.6 Å². The Kier molecular flexibility index (Phi) is 2.37. The van der Waals surface area contributed by atoms with E-state index in [0.29, 0.717) is 0 Å². The van der Waals surface area contributed by atoms with Crippen LogP contribution in [0.1, 0.15) is 25.5 Å². The van der Waals surface area contributed by atoms with E-state index in [0.717, 1.165) is 13.0 Å².